The lowest BCUT2D eigenvalue weighted by Crippen LogP contribution is -2.47. The summed E-state index contributed by atoms with van der Waals surface area (Å²) < 4.78 is 12.5. The molecule has 2 rings (SSSR count). The van der Waals surface area contributed by atoms with Gasteiger partial charge in [-0.3, -0.25) is 0 Å². The highest BCUT2D eigenvalue weighted by molar-refractivity contribution is 9.10. The van der Waals surface area contributed by atoms with Crippen molar-refractivity contribution in [1.82, 2.24) is 5.32 Å². The monoisotopic (exact) mass is 319 g/mol. The van der Waals surface area contributed by atoms with Crippen LogP contribution >= 0.6 is 27.3 Å². The van der Waals surface area contributed by atoms with Gasteiger partial charge in [0, 0.05) is 21.8 Å². The number of likely N-dealkylation sites (N-methyl/N-ethyl adjacent to an activating group) is 1. The molecule has 2 heterocycles. The van der Waals surface area contributed by atoms with Gasteiger partial charge in [-0.05, 0) is 33.9 Å². The highest BCUT2D eigenvalue weighted by Gasteiger charge is 2.25. The second-order valence-electron chi connectivity index (χ2n) is 4.04. The maximum atomic E-state index is 5.78. The van der Waals surface area contributed by atoms with Crippen LogP contribution in [-0.4, -0.2) is 38.5 Å². The molecule has 1 fully saturated rings. The van der Waals surface area contributed by atoms with E-state index in [0.717, 1.165) is 19.6 Å². The zero-order valence-corrected chi connectivity index (χ0v) is 12.4. The smallest absolute Gasteiger partial charge is 0.0965 e. The summed E-state index contributed by atoms with van der Waals surface area (Å²) in [5, 5.41) is 5.61. The molecule has 1 aromatic heterocycles. The van der Waals surface area contributed by atoms with Crippen molar-refractivity contribution in [1.29, 1.82) is 0 Å². The molecule has 1 N–H and O–H groups in total. The lowest BCUT2D eigenvalue weighted by Gasteiger charge is -2.30. The second kappa shape index (κ2) is 6.85. The van der Waals surface area contributed by atoms with E-state index >= 15 is 0 Å². The molecule has 0 bridgehead atoms. The first-order valence-electron chi connectivity index (χ1n) is 5.96. The first-order valence-corrected chi connectivity index (χ1v) is 7.63. The van der Waals surface area contributed by atoms with Crippen LogP contribution in [0.4, 0.5) is 0 Å². The van der Waals surface area contributed by atoms with E-state index in [-0.39, 0.29) is 6.10 Å². The molecule has 0 spiro atoms. The molecule has 17 heavy (non-hydrogen) atoms. The fourth-order valence-electron chi connectivity index (χ4n) is 2.01. The molecule has 2 unspecified atom stereocenters. The lowest BCUT2D eigenvalue weighted by molar-refractivity contribution is -0.101. The van der Waals surface area contributed by atoms with Gasteiger partial charge in [0.2, 0.25) is 0 Å². The van der Waals surface area contributed by atoms with Gasteiger partial charge in [-0.15, -0.1) is 11.3 Å². The van der Waals surface area contributed by atoms with Gasteiger partial charge in [0.15, 0.2) is 0 Å². The summed E-state index contributed by atoms with van der Waals surface area (Å²) in [6.45, 7) is 5.20. The average molecular weight is 320 g/mol. The van der Waals surface area contributed by atoms with Crippen LogP contribution in [0.2, 0.25) is 0 Å². The molecule has 1 aliphatic heterocycles. The first kappa shape index (κ1) is 13.5. The van der Waals surface area contributed by atoms with E-state index in [1.807, 2.05) is 0 Å². The Bertz CT molecular complexity index is 339. The summed E-state index contributed by atoms with van der Waals surface area (Å²) in [6.07, 6.45) is 1.15. The van der Waals surface area contributed by atoms with Crippen LogP contribution in [0.5, 0.6) is 0 Å². The van der Waals surface area contributed by atoms with Crippen molar-refractivity contribution in [3.05, 3.63) is 20.8 Å². The molecule has 0 aliphatic carbocycles. The number of hydrogen-bond acceptors (Lipinski definition) is 4. The number of ether oxygens (including phenoxy) is 2. The molecule has 5 heteroatoms. The maximum Gasteiger partial charge on any atom is 0.0965 e. The number of thiophene rings is 1. The van der Waals surface area contributed by atoms with E-state index in [1.54, 1.807) is 11.3 Å². The maximum absolute atomic E-state index is 5.78. The van der Waals surface area contributed by atoms with Crippen LogP contribution in [0, 0.1) is 0 Å². The van der Waals surface area contributed by atoms with Crippen LogP contribution in [-0.2, 0) is 15.9 Å². The van der Waals surface area contributed by atoms with E-state index in [2.05, 4.69) is 39.6 Å². The van der Waals surface area contributed by atoms with Crippen LogP contribution in [0.1, 0.15) is 11.8 Å². The zero-order chi connectivity index (χ0) is 12.1. The van der Waals surface area contributed by atoms with Crippen molar-refractivity contribution in [2.75, 3.05) is 26.4 Å². The Morgan fingerprint density at radius 2 is 2.47 bits per heavy atom. The van der Waals surface area contributed by atoms with Gasteiger partial charge in [-0.25, -0.2) is 0 Å². The molecule has 1 aliphatic rings. The van der Waals surface area contributed by atoms with Crippen LogP contribution in [0.25, 0.3) is 0 Å². The SMILES string of the molecule is CCNC(Cc1sccc1Br)C1COCCO1. The number of rotatable bonds is 5. The second-order valence-corrected chi connectivity index (χ2v) is 5.90. The van der Waals surface area contributed by atoms with Crippen LogP contribution in [0.15, 0.2) is 15.9 Å². The molecular weight excluding hydrogens is 302 g/mol. The van der Waals surface area contributed by atoms with E-state index in [0.29, 0.717) is 19.3 Å². The normalized spacial score (nSPS) is 22.6. The molecule has 3 nitrogen and oxygen atoms in total. The molecule has 0 saturated carbocycles. The minimum absolute atomic E-state index is 0.165. The van der Waals surface area contributed by atoms with Crippen molar-refractivity contribution in [2.45, 2.75) is 25.5 Å². The Morgan fingerprint density at radius 1 is 1.59 bits per heavy atom. The Balaban J connectivity index is 1.98. The third-order valence-corrected chi connectivity index (χ3v) is 4.80. The highest BCUT2D eigenvalue weighted by Crippen LogP contribution is 2.25. The van der Waals surface area contributed by atoms with Gasteiger partial charge in [0.05, 0.1) is 25.9 Å². The molecule has 1 saturated heterocycles. The molecule has 0 aromatic carbocycles. The fraction of sp³-hybridized carbons (Fsp3) is 0.667. The average Bonchev–Trinajstić information content (AvgIpc) is 2.76. The molecule has 1 aromatic rings. The molecule has 96 valence electrons. The number of hydrogen-bond donors (Lipinski definition) is 1. The van der Waals surface area contributed by atoms with Gasteiger partial charge < -0.3 is 14.8 Å². The van der Waals surface area contributed by atoms with Crippen molar-refractivity contribution in [3.8, 4) is 0 Å². The van der Waals surface area contributed by atoms with Gasteiger partial charge in [-0.2, -0.15) is 0 Å². The Labute approximate surface area is 115 Å². The van der Waals surface area contributed by atoms with Gasteiger partial charge in [-0.1, -0.05) is 6.92 Å². The largest absolute Gasteiger partial charge is 0.376 e. The van der Waals surface area contributed by atoms with Gasteiger partial charge in [0.25, 0.3) is 0 Å². The predicted molar refractivity (Wildman–Crippen MR) is 73.7 cm³/mol. The van der Waals surface area contributed by atoms with Crippen molar-refractivity contribution in [2.24, 2.45) is 0 Å². The topological polar surface area (TPSA) is 30.5 Å². The quantitative estimate of drug-likeness (QED) is 0.904. The molecule has 2 atom stereocenters. The molecule has 0 amide bonds. The minimum atomic E-state index is 0.165. The molecule has 0 radical (unpaired) electrons. The fourth-order valence-corrected chi connectivity index (χ4v) is 3.58. The number of halogens is 1. The molecular formula is C12H18BrNO2S. The zero-order valence-electron chi connectivity index (χ0n) is 9.95. The summed E-state index contributed by atoms with van der Waals surface area (Å²) >= 11 is 5.36. The van der Waals surface area contributed by atoms with E-state index in [4.69, 9.17) is 9.47 Å². The lowest BCUT2D eigenvalue weighted by atomic mass is 10.1. The first-order chi connectivity index (χ1) is 8.31. The summed E-state index contributed by atoms with van der Waals surface area (Å²) in [5.41, 5.74) is 0. The van der Waals surface area contributed by atoms with E-state index < -0.39 is 0 Å². The van der Waals surface area contributed by atoms with Crippen LogP contribution in [0.3, 0.4) is 0 Å². The third-order valence-electron chi connectivity index (χ3n) is 2.85. The van der Waals surface area contributed by atoms with Crippen molar-refractivity contribution < 1.29 is 9.47 Å². The minimum Gasteiger partial charge on any atom is -0.376 e. The number of nitrogens with one attached hydrogen (secondary N) is 1. The summed E-state index contributed by atoms with van der Waals surface area (Å²) in [4.78, 5) is 1.37. The van der Waals surface area contributed by atoms with Crippen molar-refractivity contribution >= 4 is 27.3 Å². The Hall–Kier alpha value is 0.0600. The summed E-state index contributed by atoms with van der Waals surface area (Å²) in [5.74, 6) is 0. The van der Waals surface area contributed by atoms with Crippen LogP contribution < -0.4 is 5.32 Å². The van der Waals surface area contributed by atoms with E-state index in [9.17, 15) is 0 Å². The summed E-state index contributed by atoms with van der Waals surface area (Å²) in [6, 6.07) is 2.43. The van der Waals surface area contributed by atoms with E-state index in [1.165, 1.54) is 9.35 Å². The Kier molecular flexibility index (Phi) is 5.44. The standard InChI is InChI=1S/C12H18BrNO2S/c1-2-14-10(11-8-15-4-5-16-11)7-12-9(13)3-6-17-12/h3,6,10-11,14H,2,4-5,7-8H2,1H3. The Morgan fingerprint density at radius 3 is 3.06 bits per heavy atom. The predicted octanol–water partition coefficient (Wildman–Crippen LogP) is 2.45. The third kappa shape index (κ3) is 3.76. The van der Waals surface area contributed by atoms with Gasteiger partial charge in [0.1, 0.15) is 0 Å². The highest BCUT2D eigenvalue weighted by atomic mass is 79.9. The summed E-state index contributed by atoms with van der Waals surface area (Å²) in [7, 11) is 0. The van der Waals surface area contributed by atoms with Crippen molar-refractivity contribution in [3.63, 3.8) is 0 Å². The van der Waals surface area contributed by atoms with Gasteiger partial charge >= 0.3 is 0 Å².